The summed E-state index contributed by atoms with van der Waals surface area (Å²) in [4.78, 5) is 52.7. The zero-order valence-electron chi connectivity index (χ0n) is 19.9. The molecule has 0 aromatic rings. The first-order valence-corrected chi connectivity index (χ1v) is 12.0. The molecule has 8 heteroatoms. The second-order valence-electron chi connectivity index (χ2n) is 12.3. The van der Waals surface area contributed by atoms with Crippen molar-refractivity contribution in [3.05, 3.63) is 0 Å². The summed E-state index contributed by atoms with van der Waals surface area (Å²) in [7, 11) is 0. The van der Waals surface area contributed by atoms with Gasteiger partial charge in [0.15, 0.2) is 0 Å². The van der Waals surface area contributed by atoms with E-state index in [1.165, 1.54) is 0 Å². The normalized spacial score (nSPS) is 34.0. The highest BCUT2D eigenvalue weighted by molar-refractivity contribution is 5.93. The molecule has 2 heterocycles. The number of hydrogen-bond acceptors (Lipinski definition) is 4. The van der Waals surface area contributed by atoms with E-state index in [0.717, 1.165) is 12.8 Å². The van der Waals surface area contributed by atoms with Crippen molar-refractivity contribution in [2.75, 3.05) is 6.54 Å². The molecule has 0 spiro atoms. The second-order valence-corrected chi connectivity index (χ2v) is 12.3. The summed E-state index contributed by atoms with van der Waals surface area (Å²) in [5.41, 5.74) is 5.44. The Morgan fingerprint density at radius 1 is 1.25 bits per heavy atom. The van der Waals surface area contributed by atoms with E-state index >= 15 is 0 Å². The third kappa shape index (κ3) is 4.37. The molecule has 0 aromatic carbocycles. The lowest BCUT2D eigenvalue weighted by Crippen LogP contribution is -2.55. The van der Waals surface area contributed by atoms with Crippen LogP contribution in [0.1, 0.15) is 66.7 Å². The fourth-order valence-corrected chi connectivity index (χ4v) is 5.97. The molecule has 32 heavy (non-hydrogen) atoms. The van der Waals surface area contributed by atoms with Gasteiger partial charge in [-0.3, -0.25) is 19.2 Å². The van der Waals surface area contributed by atoms with E-state index in [-0.39, 0.29) is 58.8 Å². The van der Waals surface area contributed by atoms with Gasteiger partial charge in [0, 0.05) is 24.9 Å². The van der Waals surface area contributed by atoms with Gasteiger partial charge >= 0.3 is 0 Å². The topological polar surface area (TPSA) is 122 Å². The van der Waals surface area contributed by atoms with E-state index in [0.29, 0.717) is 25.3 Å². The third-order valence-electron chi connectivity index (χ3n) is 8.09. The quantitative estimate of drug-likeness (QED) is 0.544. The van der Waals surface area contributed by atoms with Crippen LogP contribution in [0.25, 0.3) is 0 Å². The average molecular weight is 447 g/mol. The summed E-state index contributed by atoms with van der Waals surface area (Å²) in [6, 6.07) is -1.34. The smallest absolute Gasteiger partial charge is 0.243 e. The van der Waals surface area contributed by atoms with Crippen molar-refractivity contribution in [2.24, 2.45) is 40.2 Å². The van der Waals surface area contributed by atoms with Gasteiger partial charge in [-0.1, -0.05) is 34.6 Å². The summed E-state index contributed by atoms with van der Waals surface area (Å²) >= 11 is 0. The van der Waals surface area contributed by atoms with E-state index in [9.17, 15) is 19.2 Å². The maximum absolute atomic E-state index is 13.4. The predicted molar refractivity (Wildman–Crippen MR) is 119 cm³/mol. The van der Waals surface area contributed by atoms with Crippen LogP contribution in [0.5, 0.6) is 0 Å². The average Bonchev–Trinajstić information content (AvgIpc) is 3.47. The standard InChI is InChI=1S/C24H38N4O4/c1-23(2,3)10-17(29)28-11-14-18(24(14,4)5)19(28)22(32)27-16(20(25)30)9-13-8-15(12-6-7-12)26-21(13)31/h12-16,18-19H,6-11H2,1-5H3,(H2,25,30)(H,26,31)(H,27,32)/t13-,14-,15?,16-,18-,19-/m0/s1. The number of likely N-dealkylation sites (tertiary alicyclic amines) is 1. The molecule has 4 aliphatic rings. The molecule has 2 aliphatic carbocycles. The lowest BCUT2D eigenvalue weighted by atomic mass is 9.90. The van der Waals surface area contributed by atoms with Crippen LogP contribution in [-0.4, -0.2) is 53.2 Å². The minimum Gasteiger partial charge on any atom is -0.368 e. The number of piperidine rings is 1. The Labute approximate surface area is 190 Å². The minimum atomic E-state index is -0.920. The zero-order chi connectivity index (χ0) is 23.6. The van der Waals surface area contributed by atoms with Gasteiger partial charge in [-0.15, -0.1) is 0 Å². The van der Waals surface area contributed by atoms with E-state index < -0.39 is 18.0 Å². The summed E-state index contributed by atoms with van der Waals surface area (Å²) < 4.78 is 0. The van der Waals surface area contributed by atoms with Crippen LogP contribution in [0.4, 0.5) is 0 Å². The van der Waals surface area contributed by atoms with Crippen molar-refractivity contribution in [1.29, 1.82) is 0 Å². The number of hydrogen-bond donors (Lipinski definition) is 3. The van der Waals surface area contributed by atoms with Gasteiger partial charge in [0.2, 0.25) is 23.6 Å². The van der Waals surface area contributed by atoms with E-state index in [4.69, 9.17) is 5.73 Å². The first kappa shape index (κ1) is 23.1. The van der Waals surface area contributed by atoms with Crippen molar-refractivity contribution < 1.29 is 19.2 Å². The molecule has 8 nitrogen and oxygen atoms in total. The fraction of sp³-hybridized carbons (Fsp3) is 0.833. The third-order valence-corrected chi connectivity index (χ3v) is 8.09. The first-order valence-electron chi connectivity index (χ1n) is 12.0. The minimum absolute atomic E-state index is 0.00837. The Morgan fingerprint density at radius 2 is 1.91 bits per heavy atom. The van der Waals surface area contributed by atoms with Crippen LogP contribution in [0.2, 0.25) is 0 Å². The monoisotopic (exact) mass is 446 g/mol. The highest BCUT2D eigenvalue weighted by atomic mass is 16.2. The molecular formula is C24H38N4O4. The van der Waals surface area contributed by atoms with Crippen molar-refractivity contribution in [3.8, 4) is 0 Å². The molecule has 1 unspecified atom stereocenters. The van der Waals surface area contributed by atoms with Crippen molar-refractivity contribution in [2.45, 2.75) is 84.8 Å². The second kappa shape index (κ2) is 7.73. The molecule has 4 amide bonds. The Bertz CT molecular complexity index is 828. The Balaban J connectivity index is 1.44. The molecular weight excluding hydrogens is 408 g/mol. The van der Waals surface area contributed by atoms with Gasteiger partial charge < -0.3 is 21.3 Å². The molecule has 0 bridgehead atoms. The highest BCUT2D eigenvalue weighted by Crippen LogP contribution is 2.65. The van der Waals surface area contributed by atoms with Gasteiger partial charge in [-0.2, -0.15) is 0 Å². The number of fused-ring (bicyclic) bond motifs is 1. The maximum atomic E-state index is 13.4. The van der Waals surface area contributed by atoms with E-state index in [1.807, 2.05) is 20.8 Å². The lowest BCUT2D eigenvalue weighted by molar-refractivity contribution is -0.142. The van der Waals surface area contributed by atoms with Gasteiger partial charge in [-0.25, -0.2) is 0 Å². The van der Waals surface area contributed by atoms with Crippen LogP contribution in [0.3, 0.4) is 0 Å². The summed E-state index contributed by atoms with van der Waals surface area (Å²) in [6.45, 7) is 10.8. The fourth-order valence-electron chi connectivity index (χ4n) is 5.97. The van der Waals surface area contributed by atoms with E-state index in [2.05, 4.69) is 24.5 Å². The predicted octanol–water partition coefficient (Wildman–Crippen LogP) is 1.18. The van der Waals surface area contributed by atoms with Gasteiger partial charge in [0.1, 0.15) is 12.1 Å². The Kier molecular flexibility index (Phi) is 5.57. The summed E-state index contributed by atoms with van der Waals surface area (Å²) in [5, 5.41) is 5.85. The van der Waals surface area contributed by atoms with Crippen LogP contribution in [-0.2, 0) is 19.2 Å². The number of nitrogens with zero attached hydrogens (tertiary/aromatic N) is 1. The van der Waals surface area contributed by atoms with Gasteiger partial charge in [0.25, 0.3) is 0 Å². The number of nitrogens with one attached hydrogen (secondary N) is 2. The Morgan fingerprint density at radius 3 is 2.47 bits per heavy atom. The van der Waals surface area contributed by atoms with Crippen LogP contribution >= 0.6 is 0 Å². The largest absolute Gasteiger partial charge is 0.368 e. The molecule has 4 rings (SSSR count). The number of nitrogens with two attached hydrogens (primary N) is 1. The molecule has 2 aliphatic heterocycles. The molecule has 0 radical (unpaired) electrons. The molecule has 4 fully saturated rings. The molecule has 2 saturated heterocycles. The van der Waals surface area contributed by atoms with Crippen LogP contribution < -0.4 is 16.4 Å². The van der Waals surface area contributed by atoms with Crippen molar-refractivity contribution in [1.82, 2.24) is 15.5 Å². The first-order chi connectivity index (χ1) is 14.8. The van der Waals surface area contributed by atoms with Crippen LogP contribution in [0, 0.1) is 34.5 Å². The number of primary amides is 1. The number of carbonyl (C=O) groups excluding carboxylic acids is 4. The van der Waals surface area contributed by atoms with Crippen molar-refractivity contribution >= 4 is 23.6 Å². The van der Waals surface area contributed by atoms with Crippen molar-refractivity contribution in [3.63, 3.8) is 0 Å². The summed E-state index contributed by atoms with van der Waals surface area (Å²) in [6.07, 6.45) is 3.51. The number of rotatable bonds is 7. The molecule has 2 saturated carbocycles. The zero-order valence-corrected chi connectivity index (χ0v) is 19.9. The number of carbonyl (C=O) groups is 4. The SMILES string of the molecule is CC(C)(C)CC(=O)N1C[C@H]2[C@@H]([C@H]1C(=O)N[C@@H](C[C@@H]1CC(C3CC3)NC1=O)C(N)=O)C2(C)C. The lowest BCUT2D eigenvalue weighted by Gasteiger charge is -2.33. The Hall–Kier alpha value is -2.12. The highest BCUT2D eigenvalue weighted by Gasteiger charge is 2.69. The molecule has 0 aromatic heterocycles. The van der Waals surface area contributed by atoms with Gasteiger partial charge in [0.05, 0.1) is 0 Å². The maximum Gasteiger partial charge on any atom is 0.243 e. The van der Waals surface area contributed by atoms with E-state index in [1.54, 1.807) is 4.90 Å². The number of amides is 4. The molecule has 4 N–H and O–H groups in total. The molecule has 6 atom stereocenters. The summed E-state index contributed by atoms with van der Waals surface area (Å²) in [5.74, 6) is -0.480. The van der Waals surface area contributed by atoms with Crippen LogP contribution in [0.15, 0.2) is 0 Å². The molecule has 178 valence electrons. The van der Waals surface area contributed by atoms with Gasteiger partial charge in [-0.05, 0) is 54.3 Å².